The van der Waals surface area contributed by atoms with Crippen molar-refractivity contribution in [1.29, 1.82) is 5.26 Å². The van der Waals surface area contributed by atoms with Crippen molar-refractivity contribution in [3.8, 4) is 11.8 Å². The molecule has 0 atom stereocenters. The predicted molar refractivity (Wildman–Crippen MR) is 116 cm³/mol. The molecular formula is C18H12I2N2OS. The Labute approximate surface area is 171 Å². The minimum absolute atomic E-state index is 0.576. The summed E-state index contributed by atoms with van der Waals surface area (Å²) in [5.74, 6) is 0.898. The van der Waals surface area contributed by atoms with Crippen LogP contribution in [0.4, 0.5) is 0 Å². The van der Waals surface area contributed by atoms with Crippen molar-refractivity contribution in [3.05, 3.63) is 54.1 Å². The van der Waals surface area contributed by atoms with Crippen molar-refractivity contribution < 1.29 is 4.74 Å². The summed E-state index contributed by atoms with van der Waals surface area (Å²) in [6.07, 6.45) is 1.89. The molecule has 3 aromatic rings. The zero-order valence-corrected chi connectivity index (χ0v) is 17.8. The van der Waals surface area contributed by atoms with Crippen LogP contribution in [0.2, 0.25) is 0 Å². The number of ether oxygens (including phenoxy) is 1. The fourth-order valence-corrected chi connectivity index (χ4v) is 5.30. The molecule has 0 radical (unpaired) electrons. The number of thiazole rings is 1. The lowest BCUT2D eigenvalue weighted by Gasteiger charge is -2.09. The van der Waals surface area contributed by atoms with E-state index >= 15 is 0 Å². The Kier molecular flexibility index (Phi) is 5.73. The number of fused-ring (bicyclic) bond motifs is 1. The lowest BCUT2D eigenvalue weighted by molar-refractivity contribution is 0.335. The van der Waals surface area contributed by atoms with Gasteiger partial charge in [0.05, 0.1) is 29.5 Å². The van der Waals surface area contributed by atoms with Gasteiger partial charge in [0.15, 0.2) is 0 Å². The van der Waals surface area contributed by atoms with Crippen molar-refractivity contribution in [3.63, 3.8) is 0 Å². The van der Waals surface area contributed by atoms with Gasteiger partial charge >= 0.3 is 0 Å². The Morgan fingerprint density at radius 3 is 2.62 bits per heavy atom. The zero-order chi connectivity index (χ0) is 17.1. The molecule has 0 fully saturated rings. The molecule has 6 heteroatoms. The van der Waals surface area contributed by atoms with Crippen LogP contribution in [-0.4, -0.2) is 11.6 Å². The first-order valence-corrected chi connectivity index (χ1v) is 10.2. The van der Waals surface area contributed by atoms with E-state index in [-0.39, 0.29) is 0 Å². The highest BCUT2D eigenvalue weighted by Crippen LogP contribution is 2.32. The zero-order valence-electron chi connectivity index (χ0n) is 12.7. The van der Waals surface area contributed by atoms with Crippen molar-refractivity contribution >= 4 is 78.4 Å². The number of nitrogens with zero attached hydrogens (tertiary/aromatic N) is 2. The highest BCUT2D eigenvalue weighted by Gasteiger charge is 2.11. The van der Waals surface area contributed by atoms with E-state index in [4.69, 9.17) is 4.74 Å². The number of hydrogen-bond donors (Lipinski definition) is 0. The van der Waals surface area contributed by atoms with E-state index in [9.17, 15) is 5.26 Å². The topological polar surface area (TPSA) is 45.9 Å². The number of benzene rings is 2. The fourth-order valence-electron chi connectivity index (χ4n) is 2.24. The standard InChI is InChI=1S/C18H12I2N2OS/c1-2-23-17-13(19)8-11(9-14(17)20)7-12(10-21)18-22-15-5-3-4-6-16(15)24-18/h3-9H,2H2,1H3. The first-order valence-electron chi connectivity index (χ1n) is 7.22. The molecule has 120 valence electrons. The van der Waals surface area contributed by atoms with Crippen LogP contribution in [0.3, 0.4) is 0 Å². The molecule has 0 saturated carbocycles. The third-order valence-corrected chi connectivity index (χ3v) is 5.94. The highest BCUT2D eigenvalue weighted by atomic mass is 127. The predicted octanol–water partition coefficient (Wildman–Crippen LogP) is 5.97. The molecule has 0 aliphatic rings. The minimum atomic E-state index is 0.576. The molecule has 3 rings (SSSR count). The third kappa shape index (κ3) is 3.73. The second kappa shape index (κ2) is 7.80. The van der Waals surface area contributed by atoms with Crippen LogP contribution in [0.5, 0.6) is 5.75 Å². The van der Waals surface area contributed by atoms with Crippen molar-refractivity contribution in [2.45, 2.75) is 6.92 Å². The summed E-state index contributed by atoms with van der Waals surface area (Å²) < 4.78 is 8.83. The molecule has 3 nitrogen and oxygen atoms in total. The van der Waals surface area contributed by atoms with E-state index in [0.717, 1.165) is 33.7 Å². The molecular weight excluding hydrogens is 546 g/mol. The van der Waals surface area contributed by atoms with Crippen LogP contribution in [0, 0.1) is 18.5 Å². The van der Waals surface area contributed by atoms with E-state index in [1.165, 1.54) is 11.3 Å². The number of aromatic nitrogens is 1. The summed E-state index contributed by atoms with van der Waals surface area (Å²) in [5, 5.41) is 10.3. The van der Waals surface area contributed by atoms with Gasteiger partial charge in [0.2, 0.25) is 0 Å². The Balaban J connectivity index is 2.03. The van der Waals surface area contributed by atoms with Gasteiger partial charge in [0.25, 0.3) is 0 Å². The first-order chi connectivity index (χ1) is 11.6. The van der Waals surface area contributed by atoms with E-state index in [2.05, 4.69) is 56.2 Å². The summed E-state index contributed by atoms with van der Waals surface area (Å²) in [6, 6.07) is 14.3. The Hall–Kier alpha value is -1.18. The second-order valence-electron chi connectivity index (χ2n) is 4.90. The number of para-hydroxylation sites is 1. The SMILES string of the molecule is CCOc1c(I)cc(C=C(C#N)c2nc3ccccc3s2)cc1I. The second-order valence-corrected chi connectivity index (χ2v) is 8.26. The molecule has 2 aromatic carbocycles. The Bertz CT molecular complexity index is 917. The lowest BCUT2D eigenvalue weighted by atomic mass is 10.1. The molecule has 0 saturated heterocycles. The first kappa shape index (κ1) is 17.6. The fraction of sp³-hybridized carbons (Fsp3) is 0.111. The molecule has 1 aromatic heterocycles. The Morgan fingerprint density at radius 1 is 1.29 bits per heavy atom. The third-order valence-electron chi connectivity index (χ3n) is 3.27. The Morgan fingerprint density at radius 2 is 2.00 bits per heavy atom. The van der Waals surface area contributed by atoms with Crippen LogP contribution < -0.4 is 4.74 Å². The van der Waals surface area contributed by atoms with E-state index < -0.39 is 0 Å². The lowest BCUT2D eigenvalue weighted by Crippen LogP contribution is -1.97. The molecule has 0 spiro atoms. The molecule has 24 heavy (non-hydrogen) atoms. The van der Waals surface area contributed by atoms with Gasteiger partial charge in [-0.3, -0.25) is 0 Å². The number of hydrogen-bond acceptors (Lipinski definition) is 4. The van der Waals surface area contributed by atoms with Gasteiger partial charge < -0.3 is 4.74 Å². The summed E-state index contributed by atoms with van der Waals surface area (Å²) >= 11 is 6.07. The molecule has 0 N–H and O–H groups in total. The smallest absolute Gasteiger partial charge is 0.145 e. The number of rotatable bonds is 4. The molecule has 1 heterocycles. The monoisotopic (exact) mass is 558 g/mol. The van der Waals surface area contributed by atoms with Crippen LogP contribution in [0.25, 0.3) is 21.9 Å². The average molecular weight is 558 g/mol. The van der Waals surface area contributed by atoms with E-state index in [0.29, 0.717) is 12.2 Å². The maximum atomic E-state index is 9.56. The van der Waals surface area contributed by atoms with Gasteiger partial charge in [-0.05, 0) is 88.0 Å². The summed E-state index contributed by atoms with van der Waals surface area (Å²) in [4.78, 5) is 4.57. The van der Waals surface area contributed by atoms with E-state index in [1.54, 1.807) is 0 Å². The van der Waals surface area contributed by atoms with Crippen molar-refractivity contribution in [2.75, 3.05) is 6.61 Å². The van der Waals surface area contributed by atoms with Gasteiger partial charge in [-0.1, -0.05) is 12.1 Å². The van der Waals surface area contributed by atoms with Crippen LogP contribution in [-0.2, 0) is 0 Å². The normalized spacial score (nSPS) is 11.5. The van der Waals surface area contributed by atoms with Gasteiger partial charge in [0.1, 0.15) is 16.8 Å². The highest BCUT2D eigenvalue weighted by molar-refractivity contribution is 14.1. The van der Waals surface area contributed by atoms with Crippen molar-refractivity contribution in [1.82, 2.24) is 4.98 Å². The molecule has 0 aliphatic heterocycles. The number of allylic oxidation sites excluding steroid dienone is 1. The molecule has 0 aliphatic carbocycles. The maximum Gasteiger partial charge on any atom is 0.145 e. The van der Waals surface area contributed by atoms with Gasteiger partial charge in [-0.2, -0.15) is 5.26 Å². The van der Waals surface area contributed by atoms with Gasteiger partial charge in [-0.25, -0.2) is 4.98 Å². The summed E-state index contributed by atoms with van der Waals surface area (Å²) in [6.45, 7) is 2.61. The largest absolute Gasteiger partial charge is 0.492 e. The summed E-state index contributed by atoms with van der Waals surface area (Å²) in [7, 11) is 0. The average Bonchev–Trinajstić information content (AvgIpc) is 2.99. The van der Waals surface area contributed by atoms with Gasteiger partial charge in [-0.15, -0.1) is 11.3 Å². The maximum absolute atomic E-state index is 9.56. The van der Waals surface area contributed by atoms with E-state index in [1.807, 2.05) is 49.4 Å². The van der Waals surface area contributed by atoms with Crippen LogP contribution in [0.15, 0.2) is 36.4 Å². The van der Waals surface area contributed by atoms with Crippen molar-refractivity contribution in [2.24, 2.45) is 0 Å². The van der Waals surface area contributed by atoms with Gasteiger partial charge in [0, 0.05) is 0 Å². The molecule has 0 unspecified atom stereocenters. The molecule has 0 bridgehead atoms. The number of nitriles is 1. The number of halogens is 2. The summed E-state index contributed by atoms with van der Waals surface area (Å²) in [5.41, 5.74) is 2.48. The van der Waals surface area contributed by atoms with Crippen LogP contribution in [0.1, 0.15) is 17.5 Å². The quantitative estimate of drug-likeness (QED) is 0.293. The molecule has 0 amide bonds. The minimum Gasteiger partial charge on any atom is -0.492 e. The van der Waals surface area contributed by atoms with Crippen LogP contribution >= 0.6 is 56.5 Å².